The molecule has 0 radical (unpaired) electrons. The molecule has 250 valence electrons. The Morgan fingerprint density at radius 3 is 1.21 bits per heavy atom. The molecule has 0 fully saturated rings. The van der Waals surface area contributed by atoms with Gasteiger partial charge < -0.3 is 0 Å². The van der Waals surface area contributed by atoms with E-state index in [9.17, 15) is 0 Å². The highest BCUT2D eigenvalue weighted by molar-refractivity contribution is 5.97. The summed E-state index contributed by atoms with van der Waals surface area (Å²) in [5.41, 5.74) is 17.8. The van der Waals surface area contributed by atoms with Gasteiger partial charge in [0.2, 0.25) is 0 Å². The zero-order chi connectivity index (χ0) is 35.5. The summed E-state index contributed by atoms with van der Waals surface area (Å²) in [5, 5.41) is 5.05. The van der Waals surface area contributed by atoms with E-state index in [0.717, 1.165) is 0 Å². The van der Waals surface area contributed by atoms with E-state index in [1.807, 2.05) is 0 Å². The molecule has 0 heteroatoms. The first-order valence-electron chi connectivity index (χ1n) is 18.6. The van der Waals surface area contributed by atoms with Crippen LogP contribution in [0.2, 0.25) is 0 Å². The average molecular weight is 675 g/mol. The van der Waals surface area contributed by atoms with Gasteiger partial charge in [-0.25, -0.2) is 0 Å². The summed E-state index contributed by atoms with van der Waals surface area (Å²) in [6.45, 7) is 4.78. The van der Waals surface area contributed by atoms with E-state index in [0.29, 0.717) is 0 Å². The fourth-order valence-electron chi connectivity index (χ4n) is 8.63. The van der Waals surface area contributed by atoms with Crippen LogP contribution in [0.15, 0.2) is 194 Å². The number of hydrogen-bond acceptors (Lipinski definition) is 0. The van der Waals surface area contributed by atoms with E-state index in [1.54, 1.807) is 0 Å². The van der Waals surface area contributed by atoms with E-state index in [2.05, 4.69) is 208 Å². The Bertz CT molecular complexity index is 2780. The normalized spacial score (nSPS) is 12.9. The van der Waals surface area contributed by atoms with Crippen molar-refractivity contribution in [2.75, 3.05) is 0 Å². The molecule has 0 amide bonds. The lowest BCUT2D eigenvalue weighted by molar-refractivity contribution is 0.661. The van der Waals surface area contributed by atoms with Crippen LogP contribution in [-0.2, 0) is 5.41 Å². The molecule has 0 spiro atoms. The molecule has 0 nitrogen and oxygen atoms in total. The van der Waals surface area contributed by atoms with Crippen LogP contribution in [0.25, 0.3) is 88.3 Å². The maximum Gasteiger partial charge on any atom is 0.0159 e. The van der Waals surface area contributed by atoms with Crippen LogP contribution in [0, 0.1) is 0 Å². The molecule has 9 aromatic rings. The first kappa shape index (κ1) is 31.3. The van der Waals surface area contributed by atoms with Gasteiger partial charge in [0, 0.05) is 5.41 Å². The predicted molar refractivity (Wildman–Crippen MR) is 226 cm³/mol. The number of rotatable bonds is 5. The monoisotopic (exact) mass is 674 g/mol. The minimum atomic E-state index is -0.156. The SMILES string of the molecule is CC1(C)c2cc(-c3ccc4cc(-c5ccc6ccccc6c5)ccc4c3)ccc2-c2ccc(-c3c(-c4ccccc4)cccc3-c3ccccc3)cc21. The zero-order valence-electron chi connectivity index (χ0n) is 30.0. The first-order valence-corrected chi connectivity index (χ1v) is 18.6. The van der Waals surface area contributed by atoms with Crippen LogP contribution >= 0.6 is 0 Å². The lowest BCUT2D eigenvalue weighted by Crippen LogP contribution is -2.15. The number of hydrogen-bond donors (Lipinski definition) is 0. The second kappa shape index (κ2) is 12.3. The molecule has 0 N–H and O–H groups in total. The summed E-state index contributed by atoms with van der Waals surface area (Å²) in [7, 11) is 0. The Balaban J connectivity index is 1.02. The molecule has 0 aromatic heterocycles. The number of fused-ring (bicyclic) bond motifs is 5. The van der Waals surface area contributed by atoms with Crippen LogP contribution < -0.4 is 0 Å². The third-order valence-electron chi connectivity index (χ3n) is 11.5. The number of benzene rings is 9. The molecule has 0 bridgehead atoms. The Labute approximate surface area is 311 Å². The van der Waals surface area contributed by atoms with Crippen LogP contribution in [0.4, 0.5) is 0 Å². The predicted octanol–water partition coefficient (Wildman–Crippen LogP) is 14.6. The Morgan fingerprint density at radius 2 is 0.660 bits per heavy atom. The van der Waals surface area contributed by atoms with Gasteiger partial charge >= 0.3 is 0 Å². The topological polar surface area (TPSA) is 0 Å². The van der Waals surface area contributed by atoms with E-state index in [4.69, 9.17) is 0 Å². The van der Waals surface area contributed by atoms with Gasteiger partial charge in [0.1, 0.15) is 0 Å². The van der Waals surface area contributed by atoms with Gasteiger partial charge in [-0.1, -0.05) is 178 Å². The molecule has 0 unspecified atom stereocenters. The second-order valence-electron chi connectivity index (χ2n) is 14.9. The van der Waals surface area contributed by atoms with Crippen LogP contribution in [0.5, 0.6) is 0 Å². The average Bonchev–Trinajstić information content (AvgIpc) is 3.45. The largest absolute Gasteiger partial charge is 0.0622 e. The lowest BCUT2D eigenvalue weighted by Gasteiger charge is -2.23. The van der Waals surface area contributed by atoms with Crippen molar-refractivity contribution >= 4 is 21.5 Å². The molecule has 10 rings (SSSR count). The maximum absolute atomic E-state index is 2.46. The van der Waals surface area contributed by atoms with E-state index >= 15 is 0 Å². The Morgan fingerprint density at radius 1 is 0.264 bits per heavy atom. The van der Waals surface area contributed by atoms with Crippen molar-refractivity contribution in [1.82, 2.24) is 0 Å². The van der Waals surface area contributed by atoms with Crippen molar-refractivity contribution in [2.45, 2.75) is 19.3 Å². The summed E-state index contributed by atoms with van der Waals surface area (Å²) in [5.74, 6) is 0. The molecule has 1 aliphatic rings. The van der Waals surface area contributed by atoms with Gasteiger partial charge in [-0.15, -0.1) is 0 Å². The summed E-state index contributed by atoms with van der Waals surface area (Å²) in [6.07, 6.45) is 0. The molecule has 53 heavy (non-hydrogen) atoms. The Hall–Kier alpha value is -6.50. The summed E-state index contributed by atoms with van der Waals surface area (Å²) in [6, 6.07) is 71.7. The van der Waals surface area contributed by atoms with Gasteiger partial charge in [0.05, 0.1) is 0 Å². The molecule has 0 aliphatic heterocycles. The zero-order valence-corrected chi connectivity index (χ0v) is 30.0. The first-order chi connectivity index (χ1) is 26.0. The smallest absolute Gasteiger partial charge is 0.0159 e. The standard InChI is InChI=1S/C53H38/c1-53(2)50-33-44(43-25-24-41-31-40(22-23-42(41)32-43)39-21-20-35-12-9-10-17-38(35)30-39)26-28-48(50)49-29-27-45(34-51(49)53)52-46(36-13-5-3-6-14-36)18-11-19-47(52)37-15-7-4-8-16-37/h3-34H,1-2H3. The summed E-state index contributed by atoms with van der Waals surface area (Å²) < 4.78 is 0. The van der Waals surface area contributed by atoms with Gasteiger partial charge in [-0.2, -0.15) is 0 Å². The lowest BCUT2D eigenvalue weighted by atomic mass is 9.80. The van der Waals surface area contributed by atoms with Crippen LogP contribution in [0.3, 0.4) is 0 Å². The van der Waals surface area contributed by atoms with Crippen molar-refractivity contribution in [1.29, 1.82) is 0 Å². The molecule has 1 aliphatic carbocycles. The molecular weight excluding hydrogens is 637 g/mol. The van der Waals surface area contributed by atoms with E-state index in [-0.39, 0.29) is 5.41 Å². The molecule has 0 saturated heterocycles. The quantitative estimate of drug-likeness (QED) is 0.170. The van der Waals surface area contributed by atoms with Crippen LogP contribution in [0.1, 0.15) is 25.0 Å². The van der Waals surface area contributed by atoms with Crippen molar-refractivity contribution in [3.05, 3.63) is 205 Å². The van der Waals surface area contributed by atoms with Gasteiger partial charge in [-0.05, 0) is 130 Å². The molecule has 0 saturated carbocycles. The third kappa shape index (κ3) is 5.30. The molecule has 0 atom stereocenters. The highest BCUT2D eigenvalue weighted by Crippen LogP contribution is 2.52. The van der Waals surface area contributed by atoms with Crippen molar-refractivity contribution < 1.29 is 0 Å². The summed E-state index contributed by atoms with van der Waals surface area (Å²) in [4.78, 5) is 0. The van der Waals surface area contributed by atoms with Gasteiger partial charge in [-0.3, -0.25) is 0 Å². The third-order valence-corrected chi connectivity index (χ3v) is 11.5. The maximum atomic E-state index is 2.46. The van der Waals surface area contributed by atoms with Crippen LogP contribution in [-0.4, -0.2) is 0 Å². The molecule has 0 heterocycles. The minimum Gasteiger partial charge on any atom is -0.0622 e. The van der Waals surface area contributed by atoms with Crippen molar-refractivity contribution in [3.8, 4) is 66.8 Å². The van der Waals surface area contributed by atoms with E-state index in [1.165, 1.54) is 99.4 Å². The molecular formula is C53H38. The fraction of sp³-hybridized carbons (Fsp3) is 0.0566. The fourth-order valence-corrected chi connectivity index (χ4v) is 8.63. The second-order valence-corrected chi connectivity index (χ2v) is 14.9. The highest BCUT2D eigenvalue weighted by Gasteiger charge is 2.36. The van der Waals surface area contributed by atoms with E-state index < -0.39 is 0 Å². The highest BCUT2D eigenvalue weighted by atomic mass is 14.4. The minimum absolute atomic E-state index is 0.156. The van der Waals surface area contributed by atoms with Gasteiger partial charge in [0.25, 0.3) is 0 Å². The van der Waals surface area contributed by atoms with Crippen molar-refractivity contribution in [3.63, 3.8) is 0 Å². The molecule has 9 aromatic carbocycles. The van der Waals surface area contributed by atoms with Crippen molar-refractivity contribution in [2.24, 2.45) is 0 Å². The summed E-state index contributed by atoms with van der Waals surface area (Å²) >= 11 is 0. The van der Waals surface area contributed by atoms with Gasteiger partial charge in [0.15, 0.2) is 0 Å². The Kier molecular flexibility index (Phi) is 7.27.